The predicted octanol–water partition coefficient (Wildman–Crippen LogP) is 0.211. The molecule has 0 radical (unpaired) electrons. The summed E-state index contributed by atoms with van der Waals surface area (Å²) in [5, 5.41) is 0. The molecule has 5 N–H and O–H groups in total. The molecule has 0 fully saturated rings. The van der Waals surface area contributed by atoms with Crippen LogP contribution in [0.5, 0.6) is 5.75 Å². The highest BCUT2D eigenvalue weighted by atomic mass is 32.2. The third-order valence-electron chi connectivity index (χ3n) is 2.62. The lowest BCUT2D eigenvalue weighted by atomic mass is 10.2. The largest absolute Gasteiger partial charge is 0.495 e. The molecule has 0 aliphatic carbocycles. The monoisotopic (exact) mass is 301 g/mol. The molecule has 0 aromatic heterocycles. The second-order valence-corrected chi connectivity index (χ2v) is 5.97. The quantitative estimate of drug-likeness (QED) is 0.467. The predicted molar refractivity (Wildman–Crippen MR) is 75.6 cm³/mol. The summed E-state index contributed by atoms with van der Waals surface area (Å²) in [6.07, 6.45) is 1.29. The van der Waals surface area contributed by atoms with Crippen molar-refractivity contribution in [1.82, 2.24) is 4.72 Å². The molecular weight excluding hydrogens is 282 g/mol. The number of nitrogens with two attached hydrogens (primary N) is 2. The zero-order chi connectivity index (χ0) is 15.2. The number of methoxy groups -OCH3 is 1. The van der Waals surface area contributed by atoms with E-state index >= 15 is 0 Å². The fraction of sp³-hybridized carbons (Fsp3) is 0.417. The lowest BCUT2D eigenvalue weighted by molar-refractivity contribution is -0.118. The Balaban J connectivity index is 2.69. The summed E-state index contributed by atoms with van der Waals surface area (Å²) in [5.41, 5.74) is 10.9. The van der Waals surface area contributed by atoms with Crippen molar-refractivity contribution in [2.45, 2.75) is 24.2 Å². The number of rotatable bonds is 8. The third-order valence-corrected chi connectivity index (χ3v) is 4.10. The maximum absolute atomic E-state index is 12.1. The van der Waals surface area contributed by atoms with Crippen molar-refractivity contribution in [2.24, 2.45) is 5.73 Å². The van der Waals surface area contributed by atoms with E-state index in [0.29, 0.717) is 18.5 Å². The molecule has 112 valence electrons. The van der Waals surface area contributed by atoms with Gasteiger partial charge in [-0.25, -0.2) is 13.1 Å². The molecule has 1 amide bonds. The number of amides is 1. The van der Waals surface area contributed by atoms with Gasteiger partial charge in [0.15, 0.2) is 0 Å². The van der Waals surface area contributed by atoms with Gasteiger partial charge in [-0.3, -0.25) is 4.79 Å². The zero-order valence-corrected chi connectivity index (χ0v) is 12.1. The third kappa shape index (κ3) is 4.71. The Morgan fingerprint density at radius 1 is 1.35 bits per heavy atom. The minimum absolute atomic E-state index is 0.00472. The number of hydrogen-bond donors (Lipinski definition) is 3. The zero-order valence-electron chi connectivity index (χ0n) is 11.3. The molecule has 0 saturated heterocycles. The van der Waals surface area contributed by atoms with E-state index in [1.54, 1.807) is 6.07 Å². The van der Waals surface area contributed by atoms with Crippen LogP contribution in [-0.4, -0.2) is 28.0 Å². The van der Waals surface area contributed by atoms with Gasteiger partial charge < -0.3 is 16.2 Å². The summed E-state index contributed by atoms with van der Waals surface area (Å²) < 4.78 is 31.7. The van der Waals surface area contributed by atoms with Crippen molar-refractivity contribution in [2.75, 3.05) is 19.4 Å². The molecule has 0 spiro atoms. The normalized spacial score (nSPS) is 11.2. The SMILES string of the molecule is COc1ccc(N)cc1S(=O)(=O)NCCCCC(N)=O. The number of ether oxygens (including phenoxy) is 1. The standard InChI is InChI=1S/C12H19N3O4S/c1-19-10-6-5-9(13)8-11(10)20(17,18)15-7-3-2-4-12(14)16/h5-6,8,15H,2-4,7,13H2,1H3,(H2,14,16). The molecule has 20 heavy (non-hydrogen) atoms. The Hall–Kier alpha value is -1.80. The van der Waals surface area contributed by atoms with Gasteiger partial charge in [-0.1, -0.05) is 0 Å². The van der Waals surface area contributed by atoms with Crippen LogP contribution in [0.1, 0.15) is 19.3 Å². The highest BCUT2D eigenvalue weighted by molar-refractivity contribution is 7.89. The Bertz CT molecular complexity index is 572. The maximum Gasteiger partial charge on any atom is 0.244 e. The summed E-state index contributed by atoms with van der Waals surface area (Å²) in [4.78, 5) is 10.6. The Kier molecular flexibility index (Phi) is 5.78. The molecule has 0 saturated carbocycles. The van der Waals surface area contributed by atoms with Crippen LogP contribution in [0.4, 0.5) is 5.69 Å². The molecule has 0 heterocycles. The summed E-state index contributed by atoms with van der Waals surface area (Å²) in [5.74, 6) is -0.172. The van der Waals surface area contributed by atoms with E-state index < -0.39 is 15.9 Å². The van der Waals surface area contributed by atoms with Crippen molar-refractivity contribution in [1.29, 1.82) is 0 Å². The van der Waals surface area contributed by atoms with E-state index in [4.69, 9.17) is 16.2 Å². The number of unbranched alkanes of at least 4 members (excludes halogenated alkanes) is 1. The first kappa shape index (κ1) is 16.3. The van der Waals surface area contributed by atoms with E-state index in [0.717, 1.165) is 0 Å². The average Bonchev–Trinajstić information content (AvgIpc) is 2.37. The van der Waals surface area contributed by atoms with Gasteiger partial charge in [-0.15, -0.1) is 0 Å². The Labute approximate surface area is 118 Å². The number of sulfonamides is 1. The van der Waals surface area contributed by atoms with E-state index in [1.165, 1.54) is 19.2 Å². The molecule has 1 rings (SSSR count). The molecule has 1 aromatic carbocycles. The molecule has 8 heteroatoms. The van der Waals surface area contributed by atoms with Crippen molar-refractivity contribution in [3.63, 3.8) is 0 Å². The first-order valence-electron chi connectivity index (χ1n) is 6.08. The summed E-state index contributed by atoms with van der Waals surface area (Å²) in [6, 6.07) is 4.40. The van der Waals surface area contributed by atoms with Crippen LogP contribution in [0.3, 0.4) is 0 Å². The number of primary amides is 1. The second kappa shape index (κ2) is 7.11. The minimum Gasteiger partial charge on any atom is -0.495 e. The van der Waals surface area contributed by atoms with Gasteiger partial charge in [0, 0.05) is 18.7 Å². The molecule has 7 nitrogen and oxygen atoms in total. The first-order chi connectivity index (χ1) is 9.36. The number of benzene rings is 1. The van der Waals surface area contributed by atoms with Crippen LogP contribution >= 0.6 is 0 Å². The van der Waals surface area contributed by atoms with Gasteiger partial charge in [0.25, 0.3) is 0 Å². The minimum atomic E-state index is -3.70. The van der Waals surface area contributed by atoms with Crippen LogP contribution in [0, 0.1) is 0 Å². The van der Waals surface area contributed by atoms with Crippen LogP contribution in [0.25, 0.3) is 0 Å². The van der Waals surface area contributed by atoms with Gasteiger partial charge in [-0.2, -0.15) is 0 Å². The summed E-state index contributed by atoms with van der Waals surface area (Å²) >= 11 is 0. The molecule has 0 aliphatic heterocycles. The Morgan fingerprint density at radius 2 is 2.05 bits per heavy atom. The highest BCUT2D eigenvalue weighted by Crippen LogP contribution is 2.25. The van der Waals surface area contributed by atoms with Crippen LogP contribution in [0.2, 0.25) is 0 Å². The van der Waals surface area contributed by atoms with Crippen molar-refractivity contribution in [3.8, 4) is 5.75 Å². The molecule has 0 unspecified atom stereocenters. The number of nitrogen functional groups attached to an aromatic ring is 1. The molecule has 0 aliphatic rings. The van der Waals surface area contributed by atoms with Crippen molar-refractivity contribution in [3.05, 3.63) is 18.2 Å². The van der Waals surface area contributed by atoms with Gasteiger partial charge in [0.2, 0.25) is 15.9 Å². The van der Waals surface area contributed by atoms with Gasteiger partial charge >= 0.3 is 0 Å². The Morgan fingerprint density at radius 3 is 2.65 bits per heavy atom. The van der Waals surface area contributed by atoms with Crippen molar-refractivity contribution >= 4 is 21.6 Å². The van der Waals surface area contributed by atoms with Crippen LogP contribution in [-0.2, 0) is 14.8 Å². The van der Waals surface area contributed by atoms with Gasteiger partial charge in [0.1, 0.15) is 10.6 Å². The fourth-order valence-electron chi connectivity index (χ4n) is 1.61. The molecule has 1 aromatic rings. The lowest BCUT2D eigenvalue weighted by Gasteiger charge is -2.11. The van der Waals surface area contributed by atoms with E-state index in [9.17, 15) is 13.2 Å². The number of carbonyl (C=O) groups excluding carboxylic acids is 1. The number of hydrogen-bond acceptors (Lipinski definition) is 5. The average molecular weight is 301 g/mol. The molecule has 0 atom stereocenters. The topological polar surface area (TPSA) is 125 Å². The van der Waals surface area contributed by atoms with E-state index in [1.807, 2.05) is 0 Å². The van der Waals surface area contributed by atoms with E-state index in [-0.39, 0.29) is 23.6 Å². The van der Waals surface area contributed by atoms with Crippen LogP contribution < -0.4 is 20.9 Å². The second-order valence-electron chi connectivity index (χ2n) is 4.23. The lowest BCUT2D eigenvalue weighted by Crippen LogP contribution is -2.25. The number of nitrogens with one attached hydrogen (secondary N) is 1. The smallest absolute Gasteiger partial charge is 0.244 e. The van der Waals surface area contributed by atoms with Gasteiger partial charge in [0.05, 0.1) is 7.11 Å². The number of anilines is 1. The van der Waals surface area contributed by atoms with Crippen LogP contribution in [0.15, 0.2) is 23.1 Å². The highest BCUT2D eigenvalue weighted by Gasteiger charge is 2.19. The molecule has 0 bridgehead atoms. The first-order valence-corrected chi connectivity index (χ1v) is 7.56. The fourth-order valence-corrected chi connectivity index (χ4v) is 2.89. The van der Waals surface area contributed by atoms with E-state index in [2.05, 4.69) is 4.72 Å². The maximum atomic E-state index is 12.1. The van der Waals surface area contributed by atoms with Crippen molar-refractivity contribution < 1.29 is 17.9 Å². The molecular formula is C12H19N3O4S. The van der Waals surface area contributed by atoms with Gasteiger partial charge in [-0.05, 0) is 31.0 Å². The number of carbonyl (C=O) groups is 1. The summed E-state index contributed by atoms with van der Waals surface area (Å²) in [7, 11) is -2.31. The summed E-state index contributed by atoms with van der Waals surface area (Å²) in [6.45, 7) is 0.216.